The number of halogens is 2. The summed E-state index contributed by atoms with van der Waals surface area (Å²) in [5.74, 6) is -1.63. The second kappa shape index (κ2) is 11.3. The lowest BCUT2D eigenvalue weighted by Crippen LogP contribution is -2.45. The molecule has 0 bridgehead atoms. The number of carbonyl (C=O) groups excluding carboxylic acids is 1. The third kappa shape index (κ3) is 5.26. The summed E-state index contributed by atoms with van der Waals surface area (Å²) in [6, 6.07) is 7.02. The molecule has 1 saturated carbocycles. The lowest BCUT2D eigenvalue weighted by atomic mass is 9.74. The van der Waals surface area contributed by atoms with E-state index in [1.54, 1.807) is 45.6 Å². The van der Waals surface area contributed by atoms with Gasteiger partial charge < -0.3 is 21.1 Å². The highest BCUT2D eigenvalue weighted by Gasteiger charge is 2.35. The fourth-order valence-electron chi connectivity index (χ4n) is 5.62. The van der Waals surface area contributed by atoms with Gasteiger partial charge in [0.1, 0.15) is 11.6 Å². The molecule has 1 aromatic carbocycles. The minimum absolute atomic E-state index is 0.00380. The van der Waals surface area contributed by atoms with Crippen molar-refractivity contribution in [1.82, 2.24) is 24.9 Å². The first-order valence-corrected chi connectivity index (χ1v) is 13.3. The Bertz CT molecular complexity index is 1530. The zero-order valence-corrected chi connectivity index (χ0v) is 22.9. The van der Waals surface area contributed by atoms with E-state index in [2.05, 4.69) is 32.6 Å². The van der Waals surface area contributed by atoms with Crippen LogP contribution in [0.25, 0.3) is 16.8 Å². The number of fused-ring (bicyclic) bond motifs is 1. The largest absolute Gasteiger partial charge is 0.380 e. The first-order valence-electron chi connectivity index (χ1n) is 13.3. The van der Waals surface area contributed by atoms with E-state index in [0.717, 1.165) is 36.2 Å². The summed E-state index contributed by atoms with van der Waals surface area (Å²) < 4.78 is 37.5. The molecule has 4 atom stereocenters. The molecule has 4 aromatic rings. The van der Waals surface area contributed by atoms with Crippen molar-refractivity contribution in [2.75, 3.05) is 12.4 Å². The second-order valence-electron chi connectivity index (χ2n) is 10.6. The average Bonchev–Trinajstić information content (AvgIpc) is 3.30. The van der Waals surface area contributed by atoms with Gasteiger partial charge in [-0.3, -0.25) is 9.78 Å². The molecule has 0 saturated heterocycles. The zero-order chi connectivity index (χ0) is 28.6. The number of hydrogen-bond donors (Lipinski definition) is 3. The molecule has 210 valence electrons. The molecule has 0 spiro atoms. The number of nitrogens with zero attached hydrogens (tertiary/aromatic N) is 4. The molecule has 4 N–H and O–H groups in total. The number of amides is 1. The summed E-state index contributed by atoms with van der Waals surface area (Å²) in [4.78, 5) is 21.2. The van der Waals surface area contributed by atoms with Gasteiger partial charge in [-0.25, -0.2) is 13.8 Å². The molecule has 3 heterocycles. The molecule has 40 heavy (non-hydrogen) atoms. The Morgan fingerprint density at radius 2 is 1.95 bits per heavy atom. The highest BCUT2D eigenvalue weighted by Crippen LogP contribution is 2.40. The van der Waals surface area contributed by atoms with Crippen LogP contribution in [0, 0.1) is 17.6 Å². The molecule has 1 aliphatic carbocycles. The van der Waals surface area contributed by atoms with E-state index < -0.39 is 23.1 Å². The minimum atomic E-state index is -0.980. The van der Waals surface area contributed by atoms with Crippen molar-refractivity contribution in [3.63, 3.8) is 0 Å². The summed E-state index contributed by atoms with van der Waals surface area (Å²) in [5.41, 5.74) is 8.21. The minimum Gasteiger partial charge on any atom is -0.380 e. The standard InChI is InChI=1S/C29H33F2N7O2/c1-15(2)35-28(39)20-6-7-21(30)25(26(20)31)23-8-5-18-13-34-29(38(18)37-23)36-24-14-33-10-9-19(24)17-11-16(3)27(40-4)22(32)12-17/h5-10,13-17,22,27H,11-12,32H2,1-4H3,(H,34,36)(H,35,39)/t16-,17+,22+,27-/m0/s1. The number of nitrogens with two attached hydrogens (primary N) is 1. The molecular formula is C29H33F2N7O2. The summed E-state index contributed by atoms with van der Waals surface area (Å²) in [5, 5.41) is 10.4. The van der Waals surface area contributed by atoms with Crippen molar-refractivity contribution < 1.29 is 18.3 Å². The van der Waals surface area contributed by atoms with E-state index in [9.17, 15) is 9.18 Å². The van der Waals surface area contributed by atoms with Crippen LogP contribution >= 0.6 is 0 Å². The van der Waals surface area contributed by atoms with Crippen LogP contribution in [-0.4, -0.2) is 50.8 Å². The number of pyridine rings is 1. The van der Waals surface area contributed by atoms with Crippen LogP contribution in [0.5, 0.6) is 0 Å². The van der Waals surface area contributed by atoms with E-state index in [1.165, 1.54) is 10.6 Å². The zero-order valence-electron chi connectivity index (χ0n) is 22.9. The van der Waals surface area contributed by atoms with Crippen molar-refractivity contribution in [2.45, 2.75) is 57.7 Å². The quantitative estimate of drug-likeness (QED) is 0.303. The fraction of sp³-hybridized carbons (Fsp3) is 0.379. The van der Waals surface area contributed by atoms with Gasteiger partial charge in [-0.05, 0) is 74.4 Å². The molecule has 11 heteroatoms. The summed E-state index contributed by atoms with van der Waals surface area (Å²) in [6.45, 7) is 5.66. The van der Waals surface area contributed by atoms with Crippen molar-refractivity contribution >= 4 is 23.1 Å². The topological polar surface area (TPSA) is 119 Å². The molecule has 0 radical (unpaired) electrons. The van der Waals surface area contributed by atoms with Crippen LogP contribution in [0.1, 0.15) is 55.5 Å². The number of benzene rings is 1. The third-order valence-corrected chi connectivity index (χ3v) is 7.40. The third-order valence-electron chi connectivity index (χ3n) is 7.40. The second-order valence-corrected chi connectivity index (χ2v) is 10.6. The number of carbonyl (C=O) groups is 1. The number of rotatable bonds is 7. The van der Waals surface area contributed by atoms with Crippen LogP contribution in [0.3, 0.4) is 0 Å². The Morgan fingerprint density at radius 3 is 2.67 bits per heavy atom. The van der Waals surface area contributed by atoms with Gasteiger partial charge in [-0.1, -0.05) is 6.92 Å². The number of anilines is 2. The van der Waals surface area contributed by atoms with Gasteiger partial charge in [0.05, 0.1) is 46.5 Å². The summed E-state index contributed by atoms with van der Waals surface area (Å²) in [6.07, 6.45) is 6.72. The lowest BCUT2D eigenvalue weighted by molar-refractivity contribution is 0.00984. The van der Waals surface area contributed by atoms with E-state index in [-0.39, 0.29) is 41.3 Å². The highest BCUT2D eigenvalue weighted by atomic mass is 19.1. The van der Waals surface area contributed by atoms with Gasteiger partial charge in [0.2, 0.25) is 5.95 Å². The van der Waals surface area contributed by atoms with Crippen molar-refractivity contribution in [3.8, 4) is 11.3 Å². The van der Waals surface area contributed by atoms with Gasteiger partial charge in [0.25, 0.3) is 5.91 Å². The maximum atomic E-state index is 15.5. The van der Waals surface area contributed by atoms with Gasteiger partial charge in [0.15, 0.2) is 0 Å². The van der Waals surface area contributed by atoms with Gasteiger partial charge >= 0.3 is 0 Å². The van der Waals surface area contributed by atoms with Crippen molar-refractivity contribution in [3.05, 3.63) is 71.7 Å². The number of hydrogen-bond acceptors (Lipinski definition) is 7. The van der Waals surface area contributed by atoms with Crippen LogP contribution in [0.4, 0.5) is 20.4 Å². The van der Waals surface area contributed by atoms with E-state index >= 15 is 4.39 Å². The fourth-order valence-corrected chi connectivity index (χ4v) is 5.62. The van der Waals surface area contributed by atoms with E-state index in [4.69, 9.17) is 10.5 Å². The lowest BCUT2D eigenvalue weighted by Gasteiger charge is -2.38. The average molecular weight is 550 g/mol. The van der Waals surface area contributed by atoms with Crippen LogP contribution in [-0.2, 0) is 4.74 Å². The number of aromatic nitrogens is 4. The number of ether oxygens (including phenoxy) is 1. The van der Waals surface area contributed by atoms with Gasteiger partial charge in [0, 0.05) is 25.4 Å². The smallest absolute Gasteiger partial charge is 0.254 e. The first kappa shape index (κ1) is 27.6. The highest BCUT2D eigenvalue weighted by molar-refractivity contribution is 5.96. The van der Waals surface area contributed by atoms with Crippen LogP contribution in [0.15, 0.2) is 48.9 Å². The Kier molecular flexibility index (Phi) is 7.77. The number of methoxy groups -OCH3 is 1. The Morgan fingerprint density at radius 1 is 1.15 bits per heavy atom. The van der Waals surface area contributed by atoms with Crippen molar-refractivity contribution in [1.29, 1.82) is 0 Å². The summed E-state index contributed by atoms with van der Waals surface area (Å²) >= 11 is 0. The molecule has 1 amide bonds. The SMILES string of the molecule is CO[C@@H]1[C@H](N)C[C@H](c2ccncc2Nc2ncc3ccc(-c4c(F)ccc(C(=O)NC(C)C)c4F)nn23)C[C@@H]1C. The molecule has 0 unspecified atom stereocenters. The maximum Gasteiger partial charge on any atom is 0.254 e. The molecular weight excluding hydrogens is 516 g/mol. The predicted molar refractivity (Wildman–Crippen MR) is 148 cm³/mol. The number of imidazole rings is 1. The van der Waals surface area contributed by atoms with Crippen molar-refractivity contribution in [2.24, 2.45) is 11.7 Å². The van der Waals surface area contributed by atoms with Crippen LogP contribution in [0.2, 0.25) is 0 Å². The molecule has 3 aromatic heterocycles. The maximum absolute atomic E-state index is 15.5. The van der Waals surface area contributed by atoms with E-state index in [0.29, 0.717) is 11.5 Å². The van der Waals surface area contributed by atoms with Gasteiger partial charge in [-0.15, -0.1) is 0 Å². The molecule has 1 fully saturated rings. The molecule has 5 rings (SSSR count). The monoisotopic (exact) mass is 549 g/mol. The normalized spacial score (nSPS) is 21.1. The molecule has 1 aliphatic rings. The Balaban J connectivity index is 1.49. The Labute approximate surface area is 231 Å². The Hall–Kier alpha value is -3.96. The molecule has 0 aliphatic heterocycles. The predicted octanol–water partition coefficient (Wildman–Crippen LogP) is 4.81. The first-order chi connectivity index (χ1) is 19.2. The van der Waals surface area contributed by atoms with E-state index in [1.807, 2.05) is 6.07 Å². The summed E-state index contributed by atoms with van der Waals surface area (Å²) in [7, 11) is 1.69. The van der Waals surface area contributed by atoms with Crippen LogP contribution < -0.4 is 16.4 Å². The molecule has 9 nitrogen and oxygen atoms in total. The number of nitrogens with one attached hydrogen (secondary N) is 2. The van der Waals surface area contributed by atoms with Gasteiger partial charge in [-0.2, -0.15) is 9.61 Å².